The van der Waals surface area contributed by atoms with Gasteiger partial charge in [0.15, 0.2) is 5.69 Å². The summed E-state index contributed by atoms with van der Waals surface area (Å²) in [6.07, 6.45) is 0. The SMILES string of the molecule is CNC(=O)c1cc(C(=O)OC)n([C@@H](C)c2ccccc2)n1. The summed E-state index contributed by atoms with van der Waals surface area (Å²) < 4.78 is 6.26. The van der Waals surface area contributed by atoms with E-state index < -0.39 is 5.97 Å². The van der Waals surface area contributed by atoms with Crippen LogP contribution in [0.1, 0.15) is 39.5 Å². The zero-order valence-electron chi connectivity index (χ0n) is 12.2. The third-order valence-corrected chi connectivity index (χ3v) is 3.24. The summed E-state index contributed by atoms with van der Waals surface area (Å²) in [4.78, 5) is 23.6. The summed E-state index contributed by atoms with van der Waals surface area (Å²) in [5.41, 5.74) is 1.40. The number of nitrogens with one attached hydrogen (secondary N) is 1. The first kappa shape index (κ1) is 14.8. The Hall–Kier alpha value is -2.63. The van der Waals surface area contributed by atoms with Crippen LogP contribution in [0.3, 0.4) is 0 Å². The molecule has 0 bridgehead atoms. The maximum atomic E-state index is 11.9. The molecule has 2 rings (SSSR count). The van der Waals surface area contributed by atoms with Gasteiger partial charge in [-0.15, -0.1) is 0 Å². The van der Waals surface area contributed by atoms with E-state index in [1.165, 1.54) is 24.9 Å². The molecule has 0 aliphatic heterocycles. The van der Waals surface area contributed by atoms with Crippen LogP contribution in [0.5, 0.6) is 0 Å². The zero-order valence-corrected chi connectivity index (χ0v) is 12.2. The molecule has 1 amide bonds. The van der Waals surface area contributed by atoms with E-state index in [1.54, 1.807) is 0 Å². The van der Waals surface area contributed by atoms with Crippen LogP contribution < -0.4 is 5.32 Å². The second-order valence-electron chi connectivity index (χ2n) is 4.52. The van der Waals surface area contributed by atoms with E-state index in [2.05, 4.69) is 10.4 Å². The van der Waals surface area contributed by atoms with Crippen LogP contribution in [0, 0.1) is 0 Å². The van der Waals surface area contributed by atoms with Gasteiger partial charge in [0, 0.05) is 13.1 Å². The van der Waals surface area contributed by atoms with Gasteiger partial charge < -0.3 is 10.1 Å². The third-order valence-electron chi connectivity index (χ3n) is 3.24. The average Bonchev–Trinajstić information content (AvgIpc) is 2.98. The topological polar surface area (TPSA) is 73.2 Å². The minimum Gasteiger partial charge on any atom is -0.464 e. The molecule has 1 N–H and O–H groups in total. The molecular formula is C15H17N3O3. The van der Waals surface area contributed by atoms with Crippen molar-refractivity contribution < 1.29 is 14.3 Å². The summed E-state index contributed by atoms with van der Waals surface area (Å²) in [7, 11) is 2.81. The Labute approximate surface area is 122 Å². The van der Waals surface area contributed by atoms with Crippen LogP contribution in [0.15, 0.2) is 36.4 Å². The van der Waals surface area contributed by atoms with Crippen molar-refractivity contribution >= 4 is 11.9 Å². The van der Waals surface area contributed by atoms with Gasteiger partial charge in [-0.25, -0.2) is 4.79 Å². The smallest absolute Gasteiger partial charge is 0.356 e. The molecular weight excluding hydrogens is 270 g/mol. The van der Waals surface area contributed by atoms with Crippen molar-refractivity contribution in [1.29, 1.82) is 0 Å². The lowest BCUT2D eigenvalue weighted by molar-refractivity contribution is 0.0585. The Bertz CT molecular complexity index is 649. The largest absolute Gasteiger partial charge is 0.464 e. The number of nitrogens with zero attached hydrogens (tertiary/aromatic N) is 2. The Morgan fingerprint density at radius 1 is 1.29 bits per heavy atom. The number of methoxy groups -OCH3 is 1. The molecule has 0 fully saturated rings. The molecule has 110 valence electrons. The highest BCUT2D eigenvalue weighted by molar-refractivity contribution is 5.95. The summed E-state index contributed by atoms with van der Waals surface area (Å²) in [6, 6.07) is 10.8. The van der Waals surface area contributed by atoms with Gasteiger partial charge in [-0.3, -0.25) is 9.48 Å². The van der Waals surface area contributed by atoms with Crippen LogP contribution in [-0.4, -0.2) is 35.8 Å². The van der Waals surface area contributed by atoms with E-state index in [0.29, 0.717) is 0 Å². The first-order valence-corrected chi connectivity index (χ1v) is 6.53. The van der Waals surface area contributed by atoms with E-state index in [4.69, 9.17) is 4.74 Å². The number of carbonyl (C=O) groups excluding carboxylic acids is 2. The average molecular weight is 287 g/mol. The Morgan fingerprint density at radius 3 is 2.52 bits per heavy atom. The maximum absolute atomic E-state index is 11.9. The Morgan fingerprint density at radius 2 is 1.95 bits per heavy atom. The summed E-state index contributed by atoms with van der Waals surface area (Å²) >= 11 is 0. The van der Waals surface area contributed by atoms with Crippen LogP contribution >= 0.6 is 0 Å². The second kappa shape index (κ2) is 6.21. The van der Waals surface area contributed by atoms with E-state index in [1.807, 2.05) is 37.3 Å². The molecule has 6 heteroatoms. The molecule has 0 unspecified atom stereocenters. The molecule has 2 aromatic rings. The van der Waals surface area contributed by atoms with Crippen LogP contribution in [0.2, 0.25) is 0 Å². The van der Waals surface area contributed by atoms with Gasteiger partial charge in [-0.1, -0.05) is 30.3 Å². The maximum Gasteiger partial charge on any atom is 0.356 e. The highest BCUT2D eigenvalue weighted by Gasteiger charge is 2.22. The molecule has 1 aromatic carbocycles. The number of amides is 1. The standard InChI is InChI=1S/C15H17N3O3/c1-10(11-7-5-4-6-8-11)18-13(15(20)21-3)9-12(17-18)14(19)16-2/h4-10H,1-3H3,(H,16,19)/t10-/m0/s1. The third kappa shape index (κ3) is 2.94. The van der Waals surface area contributed by atoms with Crippen LogP contribution in [0.4, 0.5) is 0 Å². The van der Waals surface area contributed by atoms with Gasteiger partial charge >= 0.3 is 5.97 Å². The Kier molecular flexibility index (Phi) is 4.37. The molecule has 1 atom stereocenters. The molecule has 0 saturated carbocycles. The summed E-state index contributed by atoms with van der Waals surface area (Å²) in [5.74, 6) is -0.875. The Balaban J connectivity index is 2.48. The fourth-order valence-electron chi connectivity index (χ4n) is 2.06. The molecule has 0 spiro atoms. The van der Waals surface area contributed by atoms with Gasteiger partial charge in [0.1, 0.15) is 5.69 Å². The number of hydrogen-bond acceptors (Lipinski definition) is 4. The van der Waals surface area contributed by atoms with E-state index >= 15 is 0 Å². The van der Waals surface area contributed by atoms with Crippen LogP contribution in [0.25, 0.3) is 0 Å². The van der Waals surface area contributed by atoms with Gasteiger partial charge in [-0.05, 0) is 12.5 Å². The van der Waals surface area contributed by atoms with Gasteiger partial charge in [0.25, 0.3) is 5.91 Å². The molecule has 0 aliphatic rings. The number of carbonyl (C=O) groups is 2. The lowest BCUT2D eigenvalue weighted by atomic mass is 10.1. The number of rotatable bonds is 4. The van der Waals surface area contributed by atoms with E-state index in [9.17, 15) is 9.59 Å². The lowest BCUT2D eigenvalue weighted by Crippen LogP contribution is -2.19. The molecule has 1 aromatic heterocycles. The van der Waals surface area contributed by atoms with Crippen molar-refractivity contribution in [2.75, 3.05) is 14.2 Å². The summed E-state index contributed by atoms with van der Waals surface area (Å²) in [6.45, 7) is 1.91. The van der Waals surface area contributed by atoms with Crippen molar-refractivity contribution in [3.05, 3.63) is 53.3 Å². The first-order valence-electron chi connectivity index (χ1n) is 6.53. The molecule has 0 aliphatic carbocycles. The summed E-state index contributed by atoms with van der Waals surface area (Å²) in [5, 5.41) is 6.72. The predicted octanol–water partition coefficient (Wildman–Crippen LogP) is 1.64. The zero-order chi connectivity index (χ0) is 15.4. The number of benzene rings is 1. The molecule has 21 heavy (non-hydrogen) atoms. The molecule has 6 nitrogen and oxygen atoms in total. The second-order valence-corrected chi connectivity index (χ2v) is 4.52. The minimum atomic E-state index is -0.527. The van der Waals surface area contributed by atoms with Crippen molar-refractivity contribution in [2.24, 2.45) is 0 Å². The number of aromatic nitrogens is 2. The van der Waals surface area contributed by atoms with Crippen LogP contribution in [-0.2, 0) is 4.74 Å². The number of hydrogen-bond donors (Lipinski definition) is 1. The van der Waals surface area contributed by atoms with Gasteiger partial charge in [0.05, 0.1) is 13.2 Å². The van der Waals surface area contributed by atoms with Gasteiger partial charge in [-0.2, -0.15) is 5.10 Å². The number of esters is 1. The predicted molar refractivity (Wildman–Crippen MR) is 77.2 cm³/mol. The lowest BCUT2D eigenvalue weighted by Gasteiger charge is -2.15. The van der Waals surface area contributed by atoms with Crippen molar-refractivity contribution in [1.82, 2.24) is 15.1 Å². The fraction of sp³-hybridized carbons (Fsp3) is 0.267. The minimum absolute atomic E-state index is 0.181. The first-order chi connectivity index (χ1) is 10.1. The van der Waals surface area contributed by atoms with Gasteiger partial charge in [0.2, 0.25) is 0 Å². The molecule has 1 heterocycles. The highest BCUT2D eigenvalue weighted by Crippen LogP contribution is 2.20. The number of ether oxygens (including phenoxy) is 1. The van der Waals surface area contributed by atoms with E-state index in [-0.39, 0.29) is 23.3 Å². The van der Waals surface area contributed by atoms with E-state index in [0.717, 1.165) is 5.56 Å². The fourth-order valence-corrected chi connectivity index (χ4v) is 2.06. The van der Waals surface area contributed by atoms with Crippen molar-refractivity contribution in [2.45, 2.75) is 13.0 Å². The quantitative estimate of drug-likeness (QED) is 0.868. The highest BCUT2D eigenvalue weighted by atomic mass is 16.5. The normalized spacial score (nSPS) is 11.8. The van der Waals surface area contributed by atoms with Crippen molar-refractivity contribution in [3.63, 3.8) is 0 Å². The molecule has 0 saturated heterocycles. The molecule has 0 radical (unpaired) electrons. The van der Waals surface area contributed by atoms with Crippen molar-refractivity contribution in [3.8, 4) is 0 Å². The monoisotopic (exact) mass is 287 g/mol.